The number of aliphatic hydroxyl groups excluding tert-OH is 1. The van der Waals surface area contributed by atoms with E-state index in [4.69, 9.17) is 25.4 Å². The van der Waals surface area contributed by atoms with Crippen LogP contribution in [0, 0.1) is 18.3 Å². The Hall–Kier alpha value is -4.63. The predicted molar refractivity (Wildman–Crippen MR) is 155 cm³/mol. The number of fused-ring (bicyclic) bond motifs is 1. The van der Waals surface area contributed by atoms with Gasteiger partial charge in [-0.25, -0.2) is 9.55 Å². The van der Waals surface area contributed by atoms with Crippen molar-refractivity contribution in [3.8, 4) is 12.3 Å². The summed E-state index contributed by atoms with van der Waals surface area (Å²) >= 11 is 0. The van der Waals surface area contributed by atoms with Gasteiger partial charge in [0.25, 0.3) is 5.56 Å². The molecule has 1 fully saturated rings. The summed E-state index contributed by atoms with van der Waals surface area (Å²) in [6.45, 7) is 4.43. The van der Waals surface area contributed by atoms with Gasteiger partial charge in [-0.1, -0.05) is 80.4 Å². The van der Waals surface area contributed by atoms with Crippen LogP contribution in [-0.4, -0.2) is 55.3 Å². The molecule has 11 nitrogen and oxygen atoms in total. The van der Waals surface area contributed by atoms with Gasteiger partial charge in [0, 0.05) is 0 Å². The minimum absolute atomic E-state index is 0.00970. The van der Waals surface area contributed by atoms with Crippen molar-refractivity contribution in [3.05, 3.63) is 94.2 Å². The highest BCUT2D eigenvalue weighted by molar-refractivity contribution is 5.75. The number of anilines is 1. The number of benzene rings is 2. The Morgan fingerprint density at radius 2 is 1.83 bits per heavy atom. The Morgan fingerprint density at radius 1 is 1.14 bits per heavy atom. The van der Waals surface area contributed by atoms with Gasteiger partial charge in [-0.3, -0.25) is 9.78 Å². The summed E-state index contributed by atoms with van der Waals surface area (Å²) in [6, 6.07) is 19.1. The Labute approximate surface area is 242 Å². The second kappa shape index (κ2) is 11.3. The van der Waals surface area contributed by atoms with E-state index in [0.29, 0.717) is 5.92 Å². The molecule has 0 spiro atoms. The summed E-state index contributed by atoms with van der Waals surface area (Å²) in [6.07, 6.45) is 6.05. The summed E-state index contributed by atoms with van der Waals surface area (Å²) in [4.78, 5) is 24.3. The number of imidazole rings is 1. The van der Waals surface area contributed by atoms with Gasteiger partial charge in [-0.2, -0.15) is 4.98 Å². The second-order valence-electron chi connectivity index (χ2n) is 10.6. The van der Waals surface area contributed by atoms with E-state index in [9.17, 15) is 9.90 Å². The molecule has 216 valence electrons. The van der Waals surface area contributed by atoms with Crippen molar-refractivity contribution in [2.45, 2.75) is 51.1 Å². The van der Waals surface area contributed by atoms with Crippen LogP contribution in [0.15, 0.2) is 77.5 Å². The van der Waals surface area contributed by atoms with Gasteiger partial charge in [-0.15, -0.1) is 6.42 Å². The molecular formula is C31H31N5O6. The van der Waals surface area contributed by atoms with E-state index in [1.807, 2.05) is 74.5 Å². The third kappa shape index (κ3) is 5.35. The molecule has 2 aromatic carbocycles. The van der Waals surface area contributed by atoms with Crippen LogP contribution in [0.3, 0.4) is 0 Å². The first-order valence-electron chi connectivity index (χ1n) is 13.7. The molecule has 2 aliphatic heterocycles. The molecule has 4 aromatic rings. The van der Waals surface area contributed by atoms with E-state index in [2.05, 4.69) is 26.2 Å². The molecule has 42 heavy (non-hydrogen) atoms. The lowest BCUT2D eigenvalue weighted by atomic mass is 9.98. The highest BCUT2D eigenvalue weighted by Crippen LogP contribution is 2.39. The normalized spacial score (nSPS) is 23.2. The molecule has 6 rings (SSSR count). The van der Waals surface area contributed by atoms with Crippen LogP contribution in [-0.2, 0) is 32.2 Å². The number of aromatic nitrogens is 4. The van der Waals surface area contributed by atoms with Gasteiger partial charge in [0.05, 0.1) is 13.2 Å². The molecular weight excluding hydrogens is 538 g/mol. The van der Waals surface area contributed by atoms with Crippen molar-refractivity contribution in [2.75, 3.05) is 11.9 Å². The maximum Gasteiger partial charge on any atom is 0.280 e. The fraction of sp³-hybridized carbons (Fsp3) is 0.323. The number of terminal acetylenes is 1. The lowest BCUT2D eigenvalue weighted by Gasteiger charge is -2.29. The molecule has 2 aromatic heterocycles. The number of rotatable bonds is 11. The molecule has 0 radical (unpaired) electrons. The average molecular weight is 570 g/mol. The number of hydrogen-bond donors (Lipinski definition) is 3. The lowest BCUT2D eigenvalue weighted by Crippen LogP contribution is -2.45. The highest BCUT2D eigenvalue weighted by Gasteiger charge is 2.52. The van der Waals surface area contributed by atoms with E-state index < -0.39 is 17.3 Å². The third-order valence-corrected chi connectivity index (χ3v) is 7.19. The largest absolute Gasteiger partial charge is 0.505 e. The SMILES string of the molecule is C#C[C@]1(COCc2ccccc2)OC(n2cnc3c(=O)[nH]c(NC4OC4C(C)C)nc32)=C(O)C1OCc1ccccc1. The molecule has 1 saturated heterocycles. The predicted octanol–water partition coefficient (Wildman–Crippen LogP) is 3.80. The summed E-state index contributed by atoms with van der Waals surface area (Å²) < 4.78 is 25.5. The number of ether oxygens (including phenoxy) is 4. The first-order chi connectivity index (χ1) is 20.4. The van der Waals surface area contributed by atoms with Crippen LogP contribution in [0.25, 0.3) is 17.0 Å². The van der Waals surface area contributed by atoms with Crippen molar-refractivity contribution in [2.24, 2.45) is 5.92 Å². The average Bonchev–Trinajstić information content (AvgIpc) is 3.55. The first-order valence-corrected chi connectivity index (χ1v) is 13.7. The molecule has 2 aliphatic rings. The maximum atomic E-state index is 12.9. The van der Waals surface area contributed by atoms with Gasteiger partial charge in [0.15, 0.2) is 29.3 Å². The van der Waals surface area contributed by atoms with E-state index in [0.717, 1.165) is 11.1 Å². The molecule has 0 aliphatic carbocycles. The van der Waals surface area contributed by atoms with Crippen molar-refractivity contribution in [1.29, 1.82) is 0 Å². The summed E-state index contributed by atoms with van der Waals surface area (Å²) in [5.41, 5.74) is 0.0616. The van der Waals surface area contributed by atoms with E-state index in [1.165, 1.54) is 10.9 Å². The van der Waals surface area contributed by atoms with Crippen LogP contribution in [0.2, 0.25) is 0 Å². The van der Waals surface area contributed by atoms with Crippen molar-refractivity contribution in [1.82, 2.24) is 19.5 Å². The molecule has 4 atom stereocenters. The Balaban J connectivity index is 1.32. The molecule has 11 heteroatoms. The molecule has 3 unspecified atom stereocenters. The number of nitrogens with one attached hydrogen (secondary N) is 2. The van der Waals surface area contributed by atoms with E-state index >= 15 is 0 Å². The molecule has 0 bridgehead atoms. The fourth-order valence-electron chi connectivity index (χ4n) is 4.91. The number of hydrogen-bond acceptors (Lipinski definition) is 9. The number of epoxide rings is 1. The van der Waals surface area contributed by atoms with Crippen LogP contribution >= 0.6 is 0 Å². The minimum Gasteiger partial charge on any atom is -0.505 e. The standard InChI is InChI=1S/C31H31N5O6/c1-4-31(17-39-15-20-11-7-5-8-12-20)25(40-16-21-13-9-6-10-14-21)23(37)29(42-31)36-18-32-22-26(36)33-30(34-27(22)38)35-28-24(41-28)19(2)3/h1,5-14,18-19,24-25,28,37H,15-17H2,2-3H3,(H2,33,34,35,38)/t24?,25?,28?,31-/m1/s1. The highest BCUT2D eigenvalue weighted by atomic mass is 16.6. The minimum atomic E-state index is -1.52. The van der Waals surface area contributed by atoms with Crippen LogP contribution in [0.4, 0.5) is 5.95 Å². The smallest absolute Gasteiger partial charge is 0.280 e. The first kappa shape index (κ1) is 27.5. The Morgan fingerprint density at radius 3 is 2.48 bits per heavy atom. The monoisotopic (exact) mass is 569 g/mol. The maximum absolute atomic E-state index is 12.9. The van der Waals surface area contributed by atoms with Gasteiger partial charge < -0.3 is 29.4 Å². The second-order valence-corrected chi connectivity index (χ2v) is 10.6. The van der Waals surface area contributed by atoms with Gasteiger partial charge >= 0.3 is 0 Å². The van der Waals surface area contributed by atoms with Crippen molar-refractivity contribution in [3.63, 3.8) is 0 Å². The Kier molecular flexibility index (Phi) is 7.43. The number of nitrogens with zero attached hydrogens (tertiary/aromatic N) is 3. The van der Waals surface area contributed by atoms with Gasteiger partial charge in [-0.05, 0) is 17.0 Å². The lowest BCUT2D eigenvalue weighted by molar-refractivity contribution is -0.0940. The topological polar surface area (TPSA) is 136 Å². The zero-order valence-corrected chi connectivity index (χ0v) is 23.2. The van der Waals surface area contributed by atoms with E-state index in [1.54, 1.807) is 0 Å². The third-order valence-electron chi connectivity index (χ3n) is 7.19. The fourth-order valence-corrected chi connectivity index (χ4v) is 4.91. The quantitative estimate of drug-likeness (QED) is 0.182. The summed E-state index contributed by atoms with van der Waals surface area (Å²) in [5.74, 6) is 2.84. The molecule has 0 amide bonds. The number of H-pyrrole nitrogens is 1. The zero-order valence-electron chi connectivity index (χ0n) is 23.2. The Bertz CT molecular complexity index is 1690. The van der Waals surface area contributed by atoms with Crippen LogP contribution in [0.5, 0.6) is 0 Å². The number of aliphatic hydroxyl groups is 1. The number of aromatic amines is 1. The summed E-state index contributed by atoms with van der Waals surface area (Å²) in [7, 11) is 0. The van der Waals surface area contributed by atoms with Crippen LogP contribution < -0.4 is 10.9 Å². The molecule has 3 N–H and O–H groups in total. The summed E-state index contributed by atoms with van der Waals surface area (Å²) in [5, 5.41) is 14.6. The van der Waals surface area contributed by atoms with Gasteiger partial charge in [0.1, 0.15) is 19.0 Å². The van der Waals surface area contributed by atoms with E-state index in [-0.39, 0.29) is 60.9 Å². The van der Waals surface area contributed by atoms with Crippen molar-refractivity contribution < 1.29 is 24.1 Å². The van der Waals surface area contributed by atoms with Crippen molar-refractivity contribution >= 4 is 23.0 Å². The van der Waals surface area contributed by atoms with Crippen LogP contribution in [0.1, 0.15) is 25.0 Å². The molecule has 4 heterocycles. The van der Waals surface area contributed by atoms with Gasteiger partial charge in [0.2, 0.25) is 17.4 Å². The zero-order chi connectivity index (χ0) is 29.3. The molecule has 0 saturated carbocycles.